The molecule has 0 radical (unpaired) electrons. The van der Waals surface area contributed by atoms with Gasteiger partial charge >= 0.3 is 0 Å². The van der Waals surface area contributed by atoms with Crippen LogP contribution >= 0.6 is 27.7 Å². The first-order valence-electron chi connectivity index (χ1n) is 7.21. The number of aryl methyl sites for hydroxylation is 1. The lowest BCUT2D eigenvalue weighted by Crippen LogP contribution is -2.44. The molecule has 1 unspecified atom stereocenters. The lowest BCUT2D eigenvalue weighted by molar-refractivity contribution is -0.137. The predicted molar refractivity (Wildman–Crippen MR) is 92.4 cm³/mol. The molecule has 5 nitrogen and oxygen atoms in total. The lowest BCUT2D eigenvalue weighted by Gasteiger charge is -2.28. The summed E-state index contributed by atoms with van der Waals surface area (Å²) in [7, 11) is 1.87. The first-order chi connectivity index (χ1) is 10.6. The van der Waals surface area contributed by atoms with E-state index in [1.165, 1.54) is 0 Å². The fraction of sp³-hybridized carbons (Fsp3) is 0.467. The maximum Gasteiger partial charge on any atom is 0.263 e. The third-order valence-corrected chi connectivity index (χ3v) is 5.17. The predicted octanol–water partition coefficient (Wildman–Crippen LogP) is 2.68. The first-order valence-corrected chi connectivity index (χ1v) is 9.16. The molecule has 1 aliphatic heterocycles. The van der Waals surface area contributed by atoms with Crippen molar-refractivity contribution in [3.63, 3.8) is 0 Å². The summed E-state index contributed by atoms with van der Waals surface area (Å²) in [6.45, 7) is 3.39. The quantitative estimate of drug-likeness (QED) is 0.817. The molecule has 0 bridgehead atoms. The minimum atomic E-state index is -0.528. The highest BCUT2D eigenvalue weighted by molar-refractivity contribution is 9.10. The zero-order valence-corrected chi connectivity index (χ0v) is 15.0. The number of ether oxygens (including phenoxy) is 1. The fourth-order valence-electron chi connectivity index (χ4n) is 2.55. The van der Waals surface area contributed by atoms with E-state index < -0.39 is 6.10 Å². The summed E-state index contributed by atoms with van der Waals surface area (Å²) >= 11 is 5.35. The van der Waals surface area contributed by atoms with Crippen molar-refractivity contribution in [2.24, 2.45) is 7.05 Å². The molecule has 3 rings (SSSR count). The highest BCUT2D eigenvalue weighted by Gasteiger charge is 2.25. The zero-order chi connectivity index (χ0) is 15.7. The van der Waals surface area contributed by atoms with E-state index in [1.54, 1.807) is 11.6 Å². The molecule has 1 saturated heterocycles. The van der Waals surface area contributed by atoms with Gasteiger partial charge in [-0.2, -0.15) is 11.8 Å². The minimum absolute atomic E-state index is 0.0362. The summed E-state index contributed by atoms with van der Waals surface area (Å²) in [5.74, 6) is 2.54. The Labute approximate surface area is 142 Å². The van der Waals surface area contributed by atoms with Crippen molar-refractivity contribution >= 4 is 44.5 Å². The van der Waals surface area contributed by atoms with Gasteiger partial charge in [-0.25, -0.2) is 0 Å². The van der Waals surface area contributed by atoms with E-state index in [0.29, 0.717) is 5.88 Å². The standard InChI is InChI=1S/C15H18BrN3O2S/c1-10(15(20)19-5-7-22-8-6-19)21-14-12-9-11(16)3-4-13(12)18(2)17-14/h3-4,9-10H,5-8H2,1-2H3. The van der Waals surface area contributed by atoms with E-state index in [1.807, 2.05) is 41.9 Å². The van der Waals surface area contributed by atoms with Gasteiger partial charge in [0.2, 0.25) is 5.88 Å². The molecule has 118 valence electrons. The highest BCUT2D eigenvalue weighted by Crippen LogP contribution is 2.28. The molecule has 2 heterocycles. The Morgan fingerprint density at radius 1 is 1.41 bits per heavy atom. The van der Waals surface area contributed by atoms with Crippen LogP contribution in [0.4, 0.5) is 0 Å². The Hall–Kier alpha value is -1.21. The van der Waals surface area contributed by atoms with Crippen molar-refractivity contribution in [3.8, 4) is 5.88 Å². The number of benzene rings is 1. The monoisotopic (exact) mass is 383 g/mol. The van der Waals surface area contributed by atoms with Gasteiger partial charge in [0.05, 0.1) is 10.9 Å². The number of halogens is 1. The van der Waals surface area contributed by atoms with Gasteiger partial charge in [0.1, 0.15) is 0 Å². The second-order valence-electron chi connectivity index (χ2n) is 5.29. The van der Waals surface area contributed by atoms with Crippen molar-refractivity contribution in [2.75, 3.05) is 24.6 Å². The number of hydrogen-bond acceptors (Lipinski definition) is 4. The van der Waals surface area contributed by atoms with Crippen LogP contribution in [0.15, 0.2) is 22.7 Å². The van der Waals surface area contributed by atoms with Crippen molar-refractivity contribution in [1.82, 2.24) is 14.7 Å². The van der Waals surface area contributed by atoms with Crippen LogP contribution in [0.5, 0.6) is 5.88 Å². The summed E-state index contributed by atoms with van der Waals surface area (Å²) in [6, 6.07) is 5.91. The summed E-state index contributed by atoms with van der Waals surface area (Å²) in [4.78, 5) is 14.3. The average Bonchev–Trinajstić information content (AvgIpc) is 2.83. The SMILES string of the molecule is CC(Oc1nn(C)c2ccc(Br)cc12)C(=O)N1CCSCC1. The van der Waals surface area contributed by atoms with Crippen LogP contribution in [0.1, 0.15) is 6.92 Å². The van der Waals surface area contributed by atoms with Crippen molar-refractivity contribution in [3.05, 3.63) is 22.7 Å². The molecule has 1 aromatic carbocycles. The molecular weight excluding hydrogens is 366 g/mol. The topological polar surface area (TPSA) is 47.4 Å². The lowest BCUT2D eigenvalue weighted by atomic mass is 10.2. The second-order valence-corrected chi connectivity index (χ2v) is 7.43. The van der Waals surface area contributed by atoms with Crippen LogP contribution in [0.3, 0.4) is 0 Å². The normalized spacial score (nSPS) is 16.8. The molecule has 0 aliphatic carbocycles. The number of rotatable bonds is 3. The molecule has 1 aromatic heterocycles. The van der Waals surface area contributed by atoms with Crippen LogP contribution in [0.25, 0.3) is 10.9 Å². The molecule has 0 N–H and O–H groups in total. The molecule has 1 fully saturated rings. The number of nitrogens with zero attached hydrogens (tertiary/aromatic N) is 3. The second kappa shape index (κ2) is 6.50. The number of amides is 1. The van der Waals surface area contributed by atoms with Crippen molar-refractivity contribution in [1.29, 1.82) is 0 Å². The van der Waals surface area contributed by atoms with Crippen molar-refractivity contribution in [2.45, 2.75) is 13.0 Å². The van der Waals surface area contributed by atoms with Gasteiger partial charge in [0, 0.05) is 36.1 Å². The van der Waals surface area contributed by atoms with Gasteiger partial charge in [-0.15, -0.1) is 5.10 Å². The van der Waals surface area contributed by atoms with Gasteiger partial charge in [-0.3, -0.25) is 9.48 Å². The van der Waals surface area contributed by atoms with E-state index in [-0.39, 0.29) is 5.91 Å². The molecule has 1 aliphatic rings. The summed E-state index contributed by atoms with van der Waals surface area (Å²) in [5.41, 5.74) is 0.979. The van der Waals surface area contributed by atoms with E-state index >= 15 is 0 Å². The largest absolute Gasteiger partial charge is 0.463 e. The van der Waals surface area contributed by atoms with Gasteiger partial charge in [0.25, 0.3) is 5.91 Å². The van der Waals surface area contributed by atoms with Crippen LogP contribution in [0, 0.1) is 0 Å². The van der Waals surface area contributed by atoms with Crippen LogP contribution in [0.2, 0.25) is 0 Å². The maximum absolute atomic E-state index is 12.5. The minimum Gasteiger partial charge on any atom is -0.463 e. The average molecular weight is 384 g/mol. The van der Waals surface area contributed by atoms with E-state index in [2.05, 4.69) is 21.0 Å². The van der Waals surface area contributed by atoms with E-state index in [4.69, 9.17) is 4.74 Å². The molecule has 1 atom stereocenters. The zero-order valence-electron chi connectivity index (χ0n) is 12.6. The molecule has 2 aromatic rings. The smallest absolute Gasteiger partial charge is 0.263 e. The van der Waals surface area contributed by atoms with Gasteiger partial charge < -0.3 is 9.64 Å². The highest BCUT2D eigenvalue weighted by atomic mass is 79.9. The maximum atomic E-state index is 12.5. The van der Waals surface area contributed by atoms with E-state index in [9.17, 15) is 4.79 Å². The number of aromatic nitrogens is 2. The molecular formula is C15H18BrN3O2S. The van der Waals surface area contributed by atoms with Crippen LogP contribution in [-0.2, 0) is 11.8 Å². The van der Waals surface area contributed by atoms with Crippen molar-refractivity contribution < 1.29 is 9.53 Å². The summed E-state index contributed by atoms with van der Waals surface area (Å²) < 4.78 is 8.60. The van der Waals surface area contributed by atoms with Gasteiger partial charge in [-0.05, 0) is 25.1 Å². The molecule has 7 heteroatoms. The Kier molecular flexibility index (Phi) is 4.63. The number of hydrogen-bond donors (Lipinski definition) is 0. The van der Waals surface area contributed by atoms with E-state index in [0.717, 1.165) is 40.0 Å². The third kappa shape index (κ3) is 3.10. The number of thioether (sulfide) groups is 1. The number of fused-ring (bicyclic) bond motifs is 1. The van der Waals surface area contributed by atoms with Crippen LogP contribution in [-0.4, -0.2) is 51.3 Å². The molecule has 0 saturated carbocycles. The summed E-state index contributed by atoms with van der Waals surface area (Å²) in [5, 5.41) is 5.31. The third-order valence-electron chi connectivity index (χ3n) is 3.74. The van der Waals surface area contributed by atoms with Gasteiger partial charge in [-0.1, -0.05) is 15.9 Å². The molecule has 0 spiro atoms. The Morgan fingerprint density at radius 3 is 2.86 bits per heavy atom. The Morgan fingerprint density at radius 2 is 2.14 bits per heavy atom. The van der Waals surface area contributed by atoms with Gasteiger partial charge in [0.15, 0.2) is 6.10 Å². The van der Waals surface area contributed by atoms with Crippen LogP contribution < -0.4 is 4.74 Å². The fourth-order valence-corrected chi connectivity index (χ4v) is 3.82. The number of carbonyl (C=O) groups is 1. The molecule has 22 heavy (non-hydrogen) atoms. The number of carbonyl (C=O) groups excluding carboxylic acids is 1. The Bertz CT molecular complexity index is 697. The first kappa shape index (κ1) is 15.7. The molecule has 1 amide bonds. The summed E-state index contributed by atoms with van der Waals surface area (Å²) in [6.07, 6.45) is -0.528. The Balaban J connectivity index is 1.80.